The lowest BCUT2D eigenvalue weighted by atomic mass is 9.88. The summed E-state index contributed by atoms with van der Waals surface area (Å²) in [6.45, 7) is 2.59. The number of likely N-dealkylation sites (tertiary alicyclic amines) is 1. The van der Waals surface area contributed by atoms with Gasteiger partial charge in [-0.1, -0.05) is 19.3 Å². The lowest BCUT2D eigenvalue weighted by Crippen LogP contribution is -2.40. The molecule has 0 bridgehead atoms. The third-order valence-electron chi connectivity index (χ3n) is 6.99. The van der Waals surface area contributed by atoms with E-state index in [-0.39, 0.29) is 42.4 Å². The first-order valence-electron chi connectivity index (χ1n) is 15.1. The number of nitrogens with two attached hydrogens (primary N) is 3. The van der Waals surface area contributed by atoms with Crippen LogP contribution in [0.15, 0.2) is 0 Å². The molecule has 2 rings (SSSR count). The van der Waals surface area contributed by atoms with E-state index in [0.717, 1.165) is 83.2 Å². The Labute approximate surface area is 247 Å². The third-order valence-corrected chi connectivity index (χ3v) is 6.99. The molecule has 1 saturated carbocycles. The summed E-state index contributed by atoms with van der Waals surface area (Å²) in [6.07, 6.45) is 15.2. The maximum atomic E-state index is 11.9. The molecule has 1 saturated heterocycles. The van der Waals surface area contributed by atoms with Crippen LogP contribution in [0.5, 0.6) is 0 Å². The van der Waals surface area contributed by atoms with Gasteiger partial charge in [0.15, 0.2) is 0 Å². The van der Waals surface area contributed by atoms with E-state index in [9.17, 15) is 24.0 Å². The van der Waals surface area contributed by atoms with Crippen LogP contribution in [0.4, 0.5) is 0 Å². The molecule has 12 nitrogen and oxygen atoms in total. The Morgan fingerprint density at radius 1 is 0.829 bits per heavy atom. The summed E-state index contributed by atoms with van der Waals surface area (Å²) >= 11 is 0. The zero-order chi connectivity index (χ0) is 31.3. The summed E-state index contributed by atoms with van der Waals surface area (Å²) in [4.78, 5) is 56.7. The van der Waals surface area contributed by atoms with Crippen molar-refractivity contribution in [2.24, 2.45) is 23.1 Å². The van der Waals surface area contributed by atoms with Gasteiger partial charge in [0.2, 0.25) is 11.8 Å². The molecule has 41 heavy (non-hydrogen) atoms. The van der Waals surface area contributed by atoms with Crippen LogP contribution in [-0.2, 0) is 24.0 Å². The Morgan fingerprint density at radius 2 is 1.37 bits per heavy atom. The van der Waals surface area contributed by atoms with Crippen molar-refractivity contribution in [1.82, 2.24) is 20.9 Å². The number of nitrogens with zero attached hydrogens (tertiary/aromatic N) is 1. The monoisotopic (exact) mass is 585 g/mol. The van der Waals surface area contributed by atoms with Crippen LogP contribution in [0, 0.1) is 5.92 Å². The predicted octanol–water partition coefficient (Wildman–Crippen LogP) is 0.252. The topological polar surface area (TPSA) is 203 Å². The summed E-state index contributed by atoms with van der Waals surface area (Å²) in [5.41, 5.74) is 15.2. The quantitative estimate of drug-likeness (QED) is 0.108. The minimum Gasteiger partial charge on any atom is -0.346 e. The number of rotatable bonds is 16. The van der Waals surface area contributed by atoms with Gasteiger partial charge in [0.05, 0.1) is 24.7 Å². The van der Waals surface area contributed by atoms with Crippen LogP contribution in [0.3, 0.4) is 0 Å². The van der Waals surface area contributed by atoms with E-state index in [4.69, 9.17) is 11.5 Å². The van der Waals surface area contributed by atoms with Crippen LogP contribution in [-0.4, -0.2) is 101 Å². The lowest BCUT2D eigenvalue weighted by Gasteiger charge is -2.22. The average Bonchev–Trinajstić information content (AvgIpc) is 3.43. The summed E-state index contributed by atoms with van der Waals surface area (Å²) < 4.78 is 0. The Hall–Kier alpha value is -2.25. The summed E-state index contributed by atoms with van der Waals surface area (Å²) in [6, 6.07) is -0.478. The van der Waals surface area contributed by atoms with E-state index in [1.807, 2.05) is 7.05 Å². The molecule has 0 spiro atoms. The maximum Gasteiger partial charge on any atom is 0.234 e. The summed E-state index contributed by atoms with van der Waals surface area (Å²) in [5.74, 6) is 0.0348. The van der Waals surface area contributed by atoms with Gasteiger partial charge in [-0.05, 0) is 105 Å². The molecule has 1 aliphatic carbocycles. The van der Waals surface area contributed by atoms with Gasteiger partial charge in [0, 0.05) is 5.92 Å². The first-order valence-corrected chi connectivity index (χ1v) is 15.1. The van der Waals surface area contributed by atoms with Crippen molar-refractivity contribution in [3.8, 4) is 0 Å². The van der Waals surface area contributed by atoms with Crippen molar-refractivity contribution in [3.05, 3.63) is 0 Å². The van der Waals surface area contributed by atoms with Crippen LogP contribution in [0.25, 0.3) is 0 Å². The fourth-order valence-corrected chi connectivity index (χ4v) is 4.56. The third kappa shape index (κ3) is 22.1. The van der Waals surface area contributed by atoms with Gasteiger partial charge >= 0.3 is 0 Å². The van der Waals surface area contributed by atoms with Gasteiger partial charge in [-0.15, -0.1) is 0 Å². The highest BCUT2D eigenvalue weighted by Gasteiger charge is 2.23. The van der Waals surface area contributed by atoms with Gasteiger partial charge in [0.1, 0.15) is 18.9 Å². The van der Waals surface area contributed by atoms with E-state index in [2.05, 4.69) is 26.6 Å². The number of unbranched alkanes of at least 4 members (excludes halogenated alkanes) is 2. The minimum absolute atomic E-state index is 0.0644. The Kier molecular flexibility index (Phi) is 29.2. The Bertz CT molecular complexity index is 678. The molecule has 240 valence electrons. The zero-order valence-corrected chi connectivity index (χ0v) is 25.8. The molecule has 2 fully saturated rings. The number of amides is 2. The fourth-order valence-electron chi connectivity index (χ4n) is 4.56. The molecule has 0 aromatic rings. The normalized spacial score (nSPS) is 18.0. The average molecular weight is 586 g/mol. The Morgan fingerprint density at radius 3 is 1.76 bits per heavy atom. The highest BCUT2D eigenvalue weighted by Crippen LogP contribution is 2.23. The molecule has 1 heterocycles. The number of carbonyl (C=O) groups excluding carboxylic acids is 5. The molecule has 1 aliphatic heterocycles. The molecule has 0 radical (unpaired) electrons. The van der Waals surface area contributed by atoms with E-state index < -0.39 is 0 Å². The molecule has 3 unspecified atom stereocenters. The first-order chi connectivity index (χ1) is 19.9. The van der Waals surface area contributed by atoms with Crippen molar-refractivity contribution in [2.75, 3.05) is 47.3 Å². The van der Waals surface area contributed by atoms with Crippen LogP contribution < -0.4 is 33.2 Å². The standard InChI is InChI=1S/C13H24N2O2.C9H19N3O2.C6H11NO.CH5N/c14-9-5-4-8-12(10-16)15-13(17)11-6-2-1-3-7-11;1-11-6-9(14)12-8(7-13)4-2-3-5-10;1-7-4-2-3-6(7)5-8;1-2/h10-12H,1-9,14H2,(H,15,17);7-8,11H,2-6,10H2,1H3,(H,12,14);5-6H,2-4H2,1H3;2H2,1H3. The maximum absolute atomic E-state index is 11.9. The van der Waals surface area contributed by atoms with Gasteiger partial charge in [0.25, 0.3) is 0 Å². The van der Waals surface area contributed by atoms with Gasteiger partial charge in [-0.2, -0.15) is 0 Å². The van der Waals surface area contributed by atoms with Crippen molar-refractivity contribution < 1.29 is 24.0 Å². The van der Waals surface area contributed by atoms with E-state index in [1.54, 1.807) is 7.05 Å². The highest BCUT2D eigenvalue weighted by molar-refractivity contribution is 5.82. The van der Waals surface area contributed by atoms with Gasteiger partial charge in [-0.25, -0.2) is 0 Å². The van der Waals surface area contributed by atoms with Crippen molar-refractivity contribution in [1.29, 1.82) is 0 Å². The second-order valence-corrected chi connectivity index (χ2v) is 10.3. The molecule has 2 aliphatic rings. The van der Waals surface area contributed by atoms with E-state index in [0.29, 0.717) is 25.9 Å². The molecule has 0 aromatic carbocycles. The number of hydrogen-bond donors (Lipinski definition) is 6. The number of aldehydes is 3. The largest absolute Gasteiger partial charge is 0.346 e. The molecule has 0 aromatic heterocycles. The number of nitrogens with one attached hydrogen (secondary N) is 3. The molecular weight excluding hydrogens is 526 g/mol. The summed E-state index contributed by atoms with van der Waals surface area (Å²) in [5, 5.41) is 8.18. The Balaban J connectivity index is 0. The number of hydrogen-bond acceptors (Lipinski definition) is 10. The van der Waals surface area contributed by atoms with E-state index in [1.165, 1.54) is 19.9 Å². The highest BCUT2D eigenvalue weighted by atomic mass is 16.2. The fraction of sp³-hybridized carbons (Fsp3) is 0.828. The number of likely N-dealkylation sites (N-methyl/N-ethyl adjacent to an activating group) is 2. The zero-order valence-electron chi connectivity index (χ0n) is 25.8. The molecule has 12 heteroatoms. The van der Waals surface area contributed by atoms with E-state index >= 15 is 0 Å². The van der Waals surface area contributed by atoms with Crippen molar-refractivity contribution >= 4 is 30.7 Å². The second kappa shape index (κ2) is 29.2. The van der Waals surface area contributed by atoms with Crippen LogP contribution in [0.2, 0.25) is 0 Å². The minimum atomic E-state index is -0.373. The molecule has 2 amide bonds. The van der Waals surface area contributed by atoms with Crippen LogP contribution >= 0.6 is 0 Å². The molecule has 9 N–H and O–H groups in total. The lowest BCUT2D eigenvalue weighted by molar-refractivity contribution is -0.128. The van der Waals surface area contributed by atoms with Crippen LogP contribution in [0.1, 0.15) is 83.5 Å². The van der Waals surface area contributed by atoms with Crippen molar-refractivity contribution in [2.45, 2.75) is 102 Å². The molecular formula is C29H59N7O5. The van der Waals surface area contributed by atoms with Gasteiger partial charge < -0.3 is 47.5 Å². The smallest absolute Gasteiger partial charge is 0.234 e. The number of carbonyl (C=O) groups is 5. The first kappa shape index (κ1) is 40.9. The second-order valence-electron chi connectivity index (χ2n) is 10.3. The SMILES string of the molecule is CN.CN1CCCC1C=O.CNCC(=O)NC(C=O)CCCCN.NCCCCC(C=O)NC(=O)C1CCCCC1. The predicted molar refractivity (Wildman–Crippen MR) is 164 cm³/mol. The van der Waals surface area contributed by atoms with Crippen molar-refractivity contribution in [3.63, 3.8) is 0 Å². The summed E-state index contributed by atoms with van der Waals surface area (Å²) in [7, 11) is 5.18. The molecule has 3 atom stereocenters. The van der Waals surface area contributed by atoms with Gasteiger partial charge in [-0.3, -0.25) is 14.5 Å².